The highest BCUT2D eigenvalue weighted by molar-refractivity contribution is 7.99. The lowest BCUT2D eigenvalue weighted by Gasteiger charge is -2.36. The van der Waals surface area contributed by atoms with Crippen LogP contribution < -0.4 is 4.90 Å². The number of rotatable bonds is 4. The summed E-state index contributed by atoms with van der Waals surface area (Å²) in [5.41, 5.74) is 1.03. The van der Waals surface area contributed by atoms with E-state index in [4.69, 9.17) is 11.6 Å². The van der Waals surface area contributed by atoms with Crippen LogP contribution in [0.1, 0.15) is 9.67 Å². The number of nitrogens with zero attached hydrogens (tertiary/aromatic N) is 3. The Hall–Kier alpha value is -1.26. The molecule has 0 N–H and O–H groups in total. The van der Waals surface area contributed by atoms with Crippen LogP contribution in [-0.2, 0) is 10.0 Å². The first-order valence-electron chi connectivity index (χ1n) is 9.42. The number of thioether (sulfide) groups is 1. The first-order chi connectivity index (χ1) is 14.0. The number of hydrogen-bond donors (Lipinski definition) is 0. The van der Waals surface area contributed by atoms with Gasteiger partial charge in [-0.3, -0.25) is 4.79 Å². The van der Waals surface area contributed by atoms with Crippen LogP contribution in [0.4, 0.5) is 5.69 Å². The van der Waals surface area contributed by atoms with Gasteiger partial charge in [0, 0.05) is 61.5 Å². The molecule has 29 heavy (non-hydrogen) atoms. The van der Waals surface area contributed by atoms with E-state index in [0.29, 0.717) is 49.2 Å². The van der Waals surface area contributed by atoms with Gasteiger partial charge < -0.3 is 9.80 Å². The molecule has 0 atom stereocenters. The Balaban J connectivity index is 1.47. The van der Waals surface area contributed by atoms with Crippen LogP contribution >= 0.6 is 34.7 Å². The van der Waals surface area contributed by atoms with Crippen molar-refractivity contribution in [1.82, 2.24) is 9.21 Å². The minimum Gasteiger partial charge on any atom is -0.368 e. The first kappa shape index (κ1) is 21.0. The van der Waals surface area contributed by atoms with Gasteiger partial charge in [0.2, 0.25) is 10.0 Å². The predicted molar refractivity (Wildman–Crippen MR) is 120 cm³/mol. The second kappa shape index (κ2) is 8.85. The van der Waals surface area contributed by atoms with Gasteiger partial charge in [0.05, 0.1) is 0 Å². The van der Waals surface area contributed by atoms with Crippen molar-refractivity contribution >= 4 is 56.3 Å². The molecule has 2 aromatic rings. The predicted octanol–water partition coefficient (Wildman–Crippen LogP) is 3.10. The minimum atomic E-state index is -3.63. The molecule has 2 saturated heterocycles. The molecule has 2 aliphatic heterocycles. The van der Waals surface area contributed by atoms with Gasteiger partial charge in [-0.15, -0.1) is 11.3 Å². The quantitative estimate of drug-likeness (QED) is 0.685. The number of amides is 1. The van der Waals surface area contributed by atoms with E-state index in [-0.39, 0.29) is 10.8 Å². The Bertz CT molecular complexity index is 981. The van der Waals surface area contributed by atoms with Crippen molar-refractivity contribution in [3.05, 3.63) is 45.6 Å². The molecular weight excluding hydrogens is 450 g/mol. The number of benzene rings is 1. The maximum Gasteiger partial charge on any atom is 0.265 e. The molecule has 3 heterocycles. The molecule has 0 aliphatic carbocycles. The fraction of sp³-hybridized carbons (Fsp3) is 0.421. The van der Waals surface area contributed by atoms with Gasteiger partial charge in [-0.2, -0.15) is 16.1 Å². The molecule has 6 nitrogen and oxygen atoms in total. The van der Waals surface area contributed by atoms with Crippen molar-refractivity contribution < 1.29 is 13.2 Å². The Kier molecular flexibility index (Phi) is 6.41. The second-order valence-electron chi connectivity index (χ2n) is 6.89. The van der Waals surface area contributed by atoms with E-state index in [1.807, 2.05) is 24.3 Å². The van der Waals surface area contributed by atoms with Crippen LogP contribution in [0.25, 0.3) is 0 Å². The van der Waals surface area contributed by atoms with Crippen LogP contribution in [0.3, 0.4) is 0 Å². The topological polar surface area (TPSA) is 60.9 Å². The van der Waals surface area contributed by atoms with E-state index in [1.165, 1.54) is 15.6 Å². The zero-order chi connectivity index (χ0) is 20.4. The molecular formula is C19H22ClN3O3S3. The summed E-state index contributed by atoms with van der Waals surface area (Å²) >= 11 is 9.04. The summed E-state index contributed by atoms with van der Waals surface area (Å²) in [5, 5.41) is 2.38. The molecule has 10 heteroatoms. The molecule has 0 saturated carbocycles. The molecule has 2 aliphatic rings. The van der Waals surface area contributed by atoms with Crippen molar-refractivity contribution in [2.75, 3.05) is 55.7 Å². The van der Waals surface area contributed by atoms with Gasteiger partial charge in [-0.05, 0) is 29.6 Å². The summed E-state index contributed by atoms with van der Waals surface area (Å²) in [7, 11) is -3.63. The zero-order valence-corrected chi connectivity index (χ0v) is 19.0. The molecule has 1 aromatic carbocycles. The molecule has 0 radical (unpaired) electrons. The van der Waals surface area contributed by atoms with Crippen molar-refractivity contribution in [3.8, 4) is 0 Å². The van der Waals surface area contributed by atoms with Gasteiger partial charge in [-0.25, -0.2) is 8.42 Å². The van der Waals surface area contributed by atoms with Crippen molar-refractivity contribution in [2.45, 2.75) is 4.90 Å². The Morgan fingerprint density at radius 2 is 1.72 bits per heavy atom. The highest BCUT2D eigenvalue weighted by Crippen LogP contribution is 2.29. The van der Waals surface area contributed by atoms with Crippen LogP contribution in [-0.4, -0.2) is 74.3 Å². The lowest BCUT2D eigenvalue weighted by Crippen LogP contribution is -2.49. The van der Waals surface area contributed by atoms with E-state index in [9.17, 15) is 13.2 Å². The maximum atomic E-state index is 13.1. The molecule has 1 aromatic heterocycles. The smallest absolute Gasteiger partial charge is 0.265 e. The Morgan fingerprint density at radius 3 is 2.41 bits per heavy atom. The number of sulfonamides is 1. The van der Waals surface area contributed by atoms with Crippen molar-refractivity contribution in [3.63, 3.8) is 0 Å². The number of piperazine rings is 1. The van der Waals surface area contributed by atoms with Gasteiger partial charge in [0.1, 0.15) is 9.77 Å². The molecule has 2 fully saturated rings. The standard InChI is InChI=1S/C19H22ClN3O3S3/c20-15-2-1-3-16(14-15)21-5-7-22(8-6-21)19(24)18-17(4-11-28-18)29(25,26)23-9-12-27-13-10-23/h1-4,11,14H,5-10,12-13H2. The third-order valence-electron chi connectivity index (χ3n) is 5.15. The minimum absolute atomic E-state index is 0.150. The summed E-state index contributed by atoms with van der Waals surface area (Å²) in [6.45, 7) is 3.45. The lowest BCUT2D eigenvalue weighted by atomic mass is 10.2. The summed E-state index contributed by atoms with van der Waals surface area (Å²) < 4.78 is 27.6. The second-order valence-corrected chi connectivity index (χ2v) is 11.4. The fourth-order valence-electron chi connectivity index (χ4n) is 3.57. The maximum absolute atomic E-state index is 13.1. The van der Waals surface area contributed by atoms with Gasteiger partial charge in [0.15, 0.2) is 0 Å². The molecule has 0 unspecified atom stereocenters. The molecule has 156 valence electrons. The molecule has 1 amide bonds. The number of thiophene rings is 1. The number of anilines is 1. The van der Waals surface area contributed by atoms with E-state index >= 15 is 0 Å². The largest absolute Gasteiger partial charge is 0.368 e. The summed E-state index contributed by atoms with van der Waals surface area (Å²) in [5.74, 6) is 1.38. The number of hydrogen-bond acceptors (Lipinski definition) is 6. The van der Waals surface area contributed by atoms with Gasteiger partial charge in [-0.1, -0.05) is 17.7 Å². The number of halogens is 1. The Morgan fingerprint density at radius 1 is 1.00 bits per heavy atom. The highest BCUT2D eigenvalue weighted by atomic mass is 35.5. The van der Waals surface area contributed by atoms with Gasteiger partial charge in [0.25, 0.3) is 5.91 Å². The van der Waals surface area contributed by atoms with Gasteiger partial charge >= 0.3 is 0 Å². The lowest BCUT2D eigenvalue weighted by molar-refractivity contribution is 0.0748. The first-order valence-corrected chi connectivity index (χ1v) is 13.3. The van der Waals surface area contributed by atoms with Crippen LogP contribution in [0.15, 0.2) is 40.6 Å². The summed E-state index contributed by atoms with van der Waals surface area (Å²) in [6, 6.07) is 9.24. The average Bonchev–Trinajstić information content (AvgIpc) is 3.25. The average molecular weight is 472 g/mol. The van der Waals surface area contributed by atoms with E-state index in [1.54, 1.807) is 28.1 Å². The van der Waals surface area contributed by atoms with Crippen molar-refractivity contribution in [1.29, 1.82) is 0 Å². The van der Waals surface area contributed by atoms with E-state index < -0.39 is 10.0 Å². The van der Waals surface area contributed by atoms with Crippen LogP contribution in [0.2, 0.25) is 5.02 Å². The van der Waals surface area contributed by atoms with Crippen LogP contribution in [0.5, 0.6) is 0 Å². The summed E-state index contributed by atoms with van der Waals surface area (Å²) in [6.07, 6.45) is 0. The summed E-state index contributed by atoms with van der Waals surface area (Å²) in [4.78, 5) is 17.5. The fourth-order valence-corrected chi connectivity index (χ4v) is 7.69. The number of carbonyl (C=O) groups excluding carboxylic acids is 1. The third kappa shape index (κ3) is 4.44. The Labute approximate surface area is 184 Å². The third-order valence-corrected chi connectivity index (χ3v) is 9.30. The number of carbonyl (C=O) groups is 1. The molecule has 0 bridgehead atoms. The van der Waals surface area contributed by atoms with Crippen molar-refractivity contribution in [2.24, 2.45) is 0 Å². The SMILES string of the molecule is O=C(c1sccc1S(=O)(=O)N1CCSCC1)N1CCN(c2cccc(Cl)c2)CC1. The van der Waals surface area contributed by atoms with E-state index in [2.05, 4.69) is 4.90 Å². The normalized spacial score (nSPS) is 18.8. The zero-order valence-electron chi connectivity index (χ0n) is 15.8. The molecule has 0 spiro atoms. The van der Waals surface area contributed by atoms with E-state index in [0.717, 1.165) is 17.2 Å². The molecule has 4 rings (SSSR count). The monoisotopic (exact) mass is 471 g/mol. The van der Waals surface area contributed by atoms with Crippen LogP contribution in [0, 0.1) is 0 Å². The highest BCUT2D eigenvalue weighted by Gasteiger charge is 2.33.